The van der Waals surface area contributed by atoms with Crippen LogP contribution in [-0.4, -0.2) is 42.6 Å². The van der Waals surface area contributed by atoms with Crippen LogP contribution in [0.4, 0.5) is 11.4 Å². The smallest absolute Gasteiger partial charge is 0.425 e. The maximum Gasteiger partial charge on any atom is 0.530 e. The number of anilines is 2. The number of fused-ring (bicyclic) bond motifs is 6. The van der Waals surface area contributed by atoms with Crippen LogP contribution in [0.5, 0.6) is 11.5 Å². The van der Waals surface area contributed by atoms with Crippen LogP contribution in [-0.2, 0) is 41.2 Å². The van der Waals surface area contributed by atoms with Crippen molar-refractivity contribution in [2.45, 2.75) is 65.1 Å². The summed E-state index contributed by atoms with van der Waals surface area (Å²) in [7, 11) is -4.26. The van der Waals surface area contributed by atoms with Gasteiger partial charge in [0.15, 0.2) is 11.5 Å². The van der Waals surface area contributed by atoms with Gasteiger partial charge in [0.2, 0.25) is 11.8 Å². The topological polar surface area (TPSA) is 112 Å². The first kappa shape index (κ1) is 41.7. The van der Waals surface area contributed by atoms with E-state index in [1.165, 1.54) is 29.6 Å². The van der Waals surface area contributed by atoms with E-state index in [4.69, 9.17) is 41.5 Å². The van der Waals surface area contributed by atoms with E-state index >= 15 is 0 Å². The second kappa shape index (κ2) is 15.8. The number of hydrogen-bond donors (Lipinski definition) is 0. The van der Waals surface area contributed by atoms with Crippen molar-refractivity contribution in [2.75, 3.05) is 34.6 Å². The van der Waals surface area contributed by atoms with Crippen LogP contribution in [0.2, 0.25) is 0 Å². The Kier molecular flexibility index (Phi) is 10.6. The van der Waals surface area contributed by atoms with Crippen LogP contribution in [0.3, 0.4) is 0 Å². The zero-order valence-electron chi connectivity index (χ0n) is 34.3. The monoisotopic (exact) mass is 928 g/mol. The maximum absolute atomic E-state index is 14.9. The molecule has 2 atom stereocenters. The first-order chi connectivity index (χ1) is 29.9. The Morgan fingerprint density at radius 3 is 1.58 bits per heavy atom. The van der Waals surface area contributed by atoms with Gasteiger partial charge in [-0.3, -0.25) is 23.4 Å². The molecule has 3 fully saturated rings. The molecule has 11 rings (SSSR count). The van der Waals surface area contributed by atoms with Crippen LogP contribution in [0.1, 0.15) is 71.4 Å². The molecule has 0 N–H and O–H groups in total. The largest absolute Gasteiger partial charge is 0.530 e. The van der Waals surface area contributed by atoms with Crippen LogP contribution < -0.4 is 19.1 Å². The predicted molar refractivity (Wildman–Crippen MR) is 245 cm³/mol. The predicted octanol–water partition coefficient (Wildman–Crippen LogP) is 11.8. The van der Waals surface area contributed by atoms with E-state index in [-0.39, 0.29) is 42.7 Å². The number of nitrogens with zero attached hydrogens (tertiary/aromatic N) is 2. The fraction of sp³-hybridized carbons (Fsp3) is 0.340. The lowest BCUT2D eigenvalue weighted by Gasteiger charge is -2.69. The molecule has 0 unspecified atom stereocenters. The molecule has 4 heterocycles. The Labute approximate surface area is 377 Å². The van der Waals surface area contributed by atoms with Crippen molar-refractivity contribution in [3.8, 4) is 11.5 Å². The molecule has 4 aromatic carbocycles. The zero-order chi connectivity index (χ0) is 43.1. The summed E-state index contributed by atoms with van der Waals surface area (Å²) < 4.78 is 40.4. The molecule has 6 aromatic rings. The van der Waals surface area contributed by atoms with E-state index in [9.17, 15) is 18.9 Å². The fourth-order valence-corrected chi connectivity index (χ4v) is 14.0. The Hall–Kier alpha value is -4.26. The third-order valence-electron chi connectivity index (χ3n) is 13.0. The average molecular weight is 930 g/mol. The lowest BCUT2D eigenvalue weighted by molar-refractivity contribution is -0.205. The number of carbonyl (C=O) groups excluding carboxylic acids is 3. The van der Waals surface area contributed by atoms with E-state index < -0.39 is 24.6 Å². The quantitative estimate of drug-likeness (QED) is 0.0487. The Morgan fingerprint density at radius 2 is 1.15 bits per heavy atom. The van der Waals surface area contributed by atoms with E-state index in [1.807, 2.05) is 96.2 Å². The Morgan fingerprint density at radius 1 is 0.710 bits per heavy atom. The molecular weight excluding hydrogens is 887 g/mol. The number of amides is 2. The highest BCUT2D eigenvalue weighted by Gasteiger charge is 2.76. The number of phosphoric ester groups is 1. The van der Waals surface area contributed by atoms with Gasteiger partial charge < -0.3 is 19.1 Å². The molecule has 3 saturated carbocycles. The van der Waals surface area contributed by atoms with Crippen LogP contribution >= 0.6 is 53.7 Å². The minimum absolute atomic E-state index is 0.00670. The van der Waals surface area contributed by atoms with E-state index in [0.29, 0.717) is 55.4 Å². The number of phosphoric acid groups is 1. The number of halogens is 2. The molecule has 320 valence electrons. The summed E-state index contributed by atoms with van der Waals surface area (Å²) in [5.41, 5.74) is 5.56. The summed E-state index contributed by atoms with van der Waals surface area (Å²) in [4.78, 5) is 45.4. The van der Waals surface area contributed by atoms with Gasteiger partial charge in [-0.1, -0.05) is 60.7 Å². The van der Waals surface area contributed by atoms with Gasteiger partial charge in [-0.05, 0) is 77.3 Å². The molecule has 62 heavy (non-hydrogen) atoms. The minimum Gasteiger partial charge on any atom is -0.425 e. The number of benzene rings is 4. The maximum atomic E-state index is 14.9. The lowest BCUT2D eigenvalue weighted by Crippen LogP contribution is -2.73. The number of esters is 1. The molecule has 2 bridgehead atoms. The molecular formula is C47H43Cl2N2O8PS2. The van der Waals surface area contributed by atoms with Crippen molar-refractivity contribution >= 4 is 103 Å². The van der Waals surface area contributed by atoms with Gasteiger partial charge in [0.25, 0.3) is 0 Å². The minimum atomic E-state index is -4.26. The molecule has 2 amide bonds. The molecule has 2 aliphatic heterocycles. The number of carbonyl (C=O) groups is 3. The highest BCUT2D eigenvalue weighted by Crippen LogP contribution is 2.75. The number of alkyl halides is 2. The van der Waals surface area contributed by atoms with Crippen LogP contribution in [0, 0.1) is 24.7 Å². The second-order valence-corrected chi connectivity index (χ2v) is 21.1. The second-order valence-electron chi connectivity index (χ2n) is 17.1. The van der Waals surface area contributed by atoms with Gasteiger partial charge in [-0.15, -0.1) is 45.9 Å². The van der Waals surface area contributed by atoms with E-state index in [1.54, 1.807) is 11.0 Å². The van der Waals surface area contributed by atoms with Gasteiger partial charge in [-0.2, -0.15) is 0 Å². The van der Waals surface area contributed by atoms with E-state index in [2.05, 4.69) is 0 Å². The molecule has 0 spiro atoms. The standard InChI is InChI=1S/C47H43Cl2N2O8PS2/c1-27-22-61-42-36(58-29(3)52)14-34-40(38(27)42)32(16-48)18-50(34)44(53)46-24-47(25-46,26-46)45(54)51-19-33(17-49)41-35(51)15-37(43-39(41)28(2)23-62-43)59-60(55,56-20-30-10-6-4-7-11-30)57-21-31-12-8-5-9-13-31/h4-15,22-23,32-33H,16-21,24-26H2,1-3H3/t32-,33-,46?,47?/m1/s1. The van der Waals surface area contributed by atoms with Crippen molar-refractivity contribution in [1.29, 1.82) is 0 Å². The van der Waals surface area contributed by atoms with Crippen molar-refractivity contribution in [3.63, 3.8) is 0 Å². The highest BCUT2D eigenvalue weighted by atomic mass is 35.5. The molecule has 5 aliphatic rings. The molecule has 0 saturated heterocycles. The number of thiophene rings is 2. The summed E-state index contributed by atoms with van der Waals surface area (Å²) in [6.07, 6.45) is 1.26. The van der Waals surface area contributed by atoms with Crippen molar-refractivity contribution in [2.24, 2.45) is 10.8 Å². The van der Waals surface area contributed by atoms with Crippen LogP contribution in [0.15, 0.2) is 83.6 Å². The first-order valence-corrected chi connectivity index (χ1v) is 24.9. The summed E-state index contributed by atoms with van der Waals surface area (Å²) in [5, 5.41) is 5.95. The lowest BCUT2D eigenvalue weighted by atomic mass is 9.34. The third kappa shape index (κ3) is 6.80. The normalized spacial score (nSPS) is 22.3. The van der Waals surface area contributed by atoms with Gasteiger partial charge in [0.1, 0.15) is 0 Å². The number of rotatable bonds is 13. The average Bonchev–Trinajstić information content (AvgIpc) is 4.02. The number of aryl methyl sites for hydroxylation is 2. The Bertz CT molecular complexity index is 2780. The SMILES string of the molecule is CC(=O)Oc1cc2c(c3c(C)csc13)[C@H](CCl)CN2C(=O)C12CC(C(=O)N3C[C@@H](CCl)c4c3cc(OP(=O)(OCc3ccccc3)OCc3ccccc3)c3scc(C)c43)(C1)C2. The summed E-state index contributed by atoms with van der Waals surface area (Å²) in [6, 6.07) is 22.4. The molecule has 10 nitrogen and oxygen atoms in total. The molecule has 2 aromatic heterocycles. The van der Waals surface area contributed by atoms with Crippen LogP contribution in [0.25, 0.3) is 20.2 Å². The highest BCUT2D eigenvalue weighted by molar-refractivity contribution is 7.49. The zero-order valence-corrected chi connectivity index (χ0v) is 38.3. The van der Waals surface area contributed by atoms with Gasteiger partial charge in [0.05, 0.1) is 44.8 Å². The van der Waals surface area contributed by atoms with Crippen molar-refractivity contribution in [3.05, 3.63) is 117 Å². The number of ether oxygens (including phenoxy) is 1. The summed E-state index contributed by atoms with van der Waals surface area (Å²) >= 11 is 16.2. The first-order valence-electron chi connectivity index (χ1n) is 20.6. The van der Waals surface area contributed by atoms with Gasteiger partial charge in [0, 0.05) is 66.5 Å². The number of hydrogen-bond acceptors (Lipinski definition) is 10. The summed E-state index contributed by atoms with van der Waals surface area (Å²) in [5.74, 6) is 0.575. The molecule has 15 heteroatoms. The van der Waals surface area contributed by atoms with E-state index in [0.717, 1.165) is 59.2 Å². The fourth-order valence-electron chi connectivity index (χ4n) is 10.2. The van der Waals surface area contributed by atoms with Crippen molar-refractivity contribution < 1.29 is 37.3 Å². The van der Waals surface area contributed by atoms with Gasteiger partial charge in [-0.25, -0.2) is 4.57 Å². The van der Waals surface area contributed by atoms with Crippen molar-refractivity contribution in [1.82, 2.24) is 0 Å². The molecule has 3 aliphatic carbocycles. The Balaban J connectivity index is 0.942. The van der Waals surface area contributed by atoms with Gasteiger partial charge >= 0.3 is 13.8 Å². The third-order valence-corrected chi connectivity index (χ3v) is 17.2. The molecule has 0 radical (unpaired) electrons. The summed E-state index contributed by atoms with van der Waals surface area (Å²) in [6.45, 7) is 6.17.